The normalized spacial score (nSPS) is 18.8. The lowest BCUT2D eigenvalue weighted by Gasteiger charge is -2.31. The zero-order chi connectivity index (χ0) is 13.7. The molecule has 2 rings (SSSR count). The molecule has 0 aromatic carbocycles. The van der Waals surface area contributed by atoms with Crippen LogP contribution in [0.3, 0.4) is 0 Å². The molecule has 1 N–H and O–H groups in total. The van der Waals surface area contributed by atoms with Crippen molar-refractivity contribution in [1.82, 2.24) is 9.62 Å². The molecule has 108 valence electrons. The summed E-state index contributed by atoms with van der Waals surface area (Å²) in [5.41, 5.74) is 0. The number of sulfonamides is 1. The fourth-order valence-electron chi connectivity index (χ4n) is 2.38. The van der Waals surface area contributed by atoms with Crippen LogP contribution in [0.25, 0.3) is 0 Å². The Hall–Kier alpha value is -0.850. The minimum Gasteiger partial charge on any atom is -0.468 e. The van der Waals surface area contributed by atoms with Crippen molar-refractivity contribution in [2.24, 2.45) is 0 Å². The standard InChI is InChI=1S/C13H22N2O3S/c1-2-10-19(16,17)15-7-5-12(6-8-15)14-11-13-4-3-9-18-13/h3-4,9,12,14H,2,5-8,10-11H2,1H3. The summed E-state index contributed by atoms with van der Waals surface area (Å²) < 4.78 is 30.7. The van der Waals surface area contributed by atoms with Gasteiger partial charge in [-0.25, -0.2) is 12.7 Å². The first-order valence-corrected chi connectivity index (χ1v) is 8.46. The van der Waals surface area contributed by atoms with Gasteiger partial charge in [0.15, 0.2) is 0 Å². The van der Waals surface area contributed by atoms with Gasteiger partial charge in [-0.2, -0.15) is 0 Å². The molecule has 1 aromatic heterocycles. The van der Waals surface area contributed by atoms with Crippen molar-refractivity contribution in [3.05, 3.63) is 24.2 Å². The smallest absolute Gasteiger partial charge is 0.214 e. The van der Waals surface area contributed by atoms with Gasteiger partial charge < -0.3 is 9.73 Å². The molecule has 0 aliphatic carbocycles. The van der Waals surface area contributed by atoms with Crippen LogP contribution in [0.1, 0.15) is 31.9 Å². The summed E-state index contributed by atoms with van der Waals surface area (Å²) >= 11 is 0. The predicted molar refractivity (Wildman–Crippen MR) is 74.2 cm³/mol. The van der Waals surface area contributed by atoms with Crippen LogP contribution in [-0.2, 0) is 16.6 Å². The molecule has 1 aliphatic heterocycles. The van der Waals surface area contributed by atoms with Gasteiger partial charge in [0.05, 0.1) is 18.6 Å². The summed E-state index contributed by atoms with van der Waals surface area (Å²) in [5, 5.41) is 3.41. The third-order valence-corrected chi connectivity index (χ3v) is 5.53. The first-order valence-electron chi connectivity index (χ1n) is 6.85. The minimum absolute atomic E-state index is 0.261. The van der Waals surface area contributed by atoms with E-state index in [0.717, 1.165) is 18.6 Å². The Kier molecular flexibility index (Phi) is 5.01. The summed E-state index contributed by atoms with van der Waals surface area (Å²) in [6.45, 7) is 3.85. The monoisotopic (exact) mass is 286 g/mol. The Balaban J connectivity index is 1.76. The lowest BCUT2D eigenvalue weighted by molar-refractivity contribution is 0.283. The third kappa shape index (κ3) is 4.06. The second kappa shape index (κ2) is 6.54. The van der Waals surface area contributed by atoms with E-state index in [9.17, 15) is 8.42 Å². The minimum atomic E-state index is -3.03. The van der Waals surface area contributed by atoms with Crippen molar-refractivity contribution in [2.45, 2.75) is 38.8 Å². The van der Waals surface area contributed by atoms with Crippen molar-refractivity contribution < 1.29 is 12.8 Å². The summed E-state index contributed by atoms with van der Waals surface area (Å²) in [4.78, 5) is 0. The predicted octanol–water partition coefficient (Wildman–Crippen LogP) is 1.57. The van der Waals surface area contributed by atoms with Crippen LogP contribution in [0.15, 0.2) is 22.8 Å². The first kappa shape index (κ1) is 14.6. The highest BCUT2D eigenvalue weighted by molar-refractivity contribution is 7.89. The maximum absolute atomic E-state index is 11.9. The van der Waals surface area contributed by atoms with Crippen molar-refractivity contribution in [1.29, 1.82) is 0 Å². The van der Waals surface area contributed by atoms with E-state index in [1.165, 1.54) is 0 Å². The Labute approximate surface area is 115 Å². The van der Waals surface area contributed by atoms with Gasteiger partial charge in [-0.05, 0) is 31.4 Å². The van der Waals surface area contributed by atoms with Gasteiger partial charge in [0.25, 0.3) is 0 Å². The molecule has 0 unspecified atom stereocenters. The molecule has 0 atom stereocenters. The van der Waals surface area contributed by atoms with Gasteiger partial charge in [-0.3, -0.25) is 0 Å². The summed E-state index contributed by atoms with van der Waals surface area (Å²) in [7, 11) is -3.03. The highest BCUT2D eigenvalue weighted by Gasteiger charge is 2.26. The van der Waals surface area contributed by atoms with Crippen LogP contribution in [0, 0.1) is 0 Å². The van der Waals surface area contributed by atoms with E-state index in [-0.39, 0.29) is 5.75 Å². The van der Waals surface area contributed by atoms with E-state index >= 15 is 0 Å². The molecule has 1 saturated heterocycles. The molecule has 1 aromatic rings. The number of nitrogens with one attached hydrogen (secondary N) is 1. The molecule has 1 fully saturated rings. The van der Waals surface area contributed by atoms with Gasteiger partial charge in [-0.1, -0.05) is 6.92 Å². The van der Waals surface area contributed by atoms with E-state index in [0.29, 0.717) is 32.1 Å². The SMILES string of the molecule is CCCS(=O)(=O)N1CCC(NCc2ccco2)CC1. The Morgan fingerprint density at radius 1 is 1.42 bits per heavy atom. The second-order valence-corrected chi connectivity index (χ2v) is 7.04. The quantitative estimate of drug-likeness (QED) is 0.862. The lowest BCUT2D eigenvalue weighted by Crippen LogP contribution is -2.45. The molecule has 2 heterocycles. The highest BCUT2D eigenvalue weighted by atomic mass is 32.2. The highest BCUT2D eigenvalue weighted by Crippen LogP contribution is 2.15. The van der Waals surface area contributed by atoms with Crippen LogP contribution in [0.4, 0.5) is 0 Å². The molecule has 0 bridgehead atoms. The number of hydrogen-bond acceptors (Lipinski definition) is 4. The maximum Gasteiger partial charge on any atom is 0.214 e. The van der Waals surface area contributed by atoms with Crippen molar-refractivity contribution in [3.63, 3.8) is 0 Å². The molecule has 6 heteroatoms. The van der Waals surface area contributed by atoms with Crippen LogP contribution >= 0.6 is 0 Å². The van der Waals surface area contributed by atoms with Gasteiger partial charge in [0.2, 0.25) is 10.0 Å². The molecule has 1 aliphatic rings. The second-order valence-electron chi connectivity index (χ2n) is 4.95. The number of rotatable bonds is 6. The van der Waals surface area contributed by atoms with Crippen LogP contribution in [0.2, 0.25) is 0 Å². The van der Waals surface area contributed by atoms with Crippen molar-refractivity contribution in [3.8, 4) is 0 Å². The van der Waals surface area contributed by atoms with Gasteiger partial charge >= 0.3 is 0 Å². The average Bonchev–Trinajstić information content (AvgIpc) is 2.90. The van der Waals surface area contributed by atoms with E-state index in [2.05, 4.69) is 5.32 Å². The maximum atomic E-state index is 11.9. The zero-order valence-corrected chi connectivity index (χ0v) is 12.2. The molecular weight excluding hydrogens is 264 g/mol. The Bertz CT molecular complexity index is 462. The first-order chi connectivity index (χ1) is 9.12. The third-order valence-electron chi connectivity index (χ3n) is 3.45. The summed E-state index contributed by atoms with van der Waals surface area (Å²) in [6.07, 6.45) is 4.07. The van der Waals surface area contributed by atoms with Crippen LogP contribution in [-0.4, -0.2) is 37.6 Å². The lowest BCUT2D eigenvalue weighted by atomic mass is 10.1. The van der Waals surface area contributed by atoms with Gasteiger partial charge in [0, 0.05) is 19.1 Å². The summed E-state index contributed by atoms with van der Waals surface area (Å²) in [5.74, 6) is 1.18. The van der Waals surface area contributed by atoms with Crippen LogP contribution in [0.5, 0.6) is 0 Å². The Morgan fingerprint density at radius 2 is 2.16 bits per heavy atom. The van der Waals surface area contributed by atoms with E-state index in [4.69, 9.17) is 4.42 Å². The molecule has 0 saturated carbocycles. The molecule has 19 heavy (non-hydrogen) atoms. The fraction of sp³-hybridized carbons (Fsp3) is 0.692. The molecular formula is C13H22N2O3S. The summed E-state index contributed by atoms with van der Waals surface area (Å²) in [6, 6.07) is 4.18. The van der Waals surface area contributed by atoms with Crippen molar-refractivity contribution >= 4 is 10.0 Å². The zero-order valence-electron chi connectivity index (χ0n) is 11.3. The Morgan fingerprint density at radius 3 is 2.74 bits per heavy atom. The van der Waals surface area contributed by atoms with E-state index in [1.54, 1.807) is 10.6 Å². The van der Waals surface area contributed by atoms with Crippen LogP contribution < -0.4 is 5.32 Å². The number of piperidine rings is 1. The number of furan rings is 1. The topological polar surface area (TPSA) is 62.6 Å². The van der Waals surface area contributed by atoms with E-state index in [1.807, 2.05) is 19.1 Å². The van der Waals surface area contributed by atoms with Crippen molar-refractivity contribution in [2.75, 3.05) is 18.8 Å². The number of nitrogens with zero attached hydrogens (tertiary/aromatic N) is 1. The number of hydrogen-bond donors (Lipinski definition) is 1. The molecule has 5 nitrogen and oxygen atoms in total. The largest absolute Gasteiger partial charge is 0.468 e. The van der Waals surface area contributed by atoms with Gasteiger partial charge in [0.1, 0.15) is 5.76 Å². The molecule has 0 spiro atoms. The molecule has 0 amide bonds. The molecule has 0 radical (unpaired) electrons. The van der Waals surface area contributed by atoms with E-state index < -0.39 is 10.0 Å². The van der Waals surface area contributed by atoms with Gasteiger partial charge in [-0.15, -0.1) is 0 Å². The average molecular weight is 286 g/mol. The fourth-order valence-corrected chi connectivity index (χ4v) is 3.92.